The summed E-state index contributed by atoms with van der Waals surface area (Å²) in [5.74, 6) is -0.0635. The highest BCUT2D eigenvalue weighted by Crippen LogP contribution is 2.49. The summed E-state index contributed by atoms with van der Waals surface area (Å²) in [5.41, 5.74) is -0.174. The maximum atomic E-state index is 11.9. The fourth-order valence-corrected chi connectivity index (χ4v) is 3.50. The first-order valence-electron chi connectivity index (χ1n) is 6.95. The monoisotopic (exact) mass is 277 g/mol. The fourth-order valence-electron chi connectivity index (χ4n) is 3.50. The lowest BCUT2D eigenvalue weighted by Crippen LogP contribution is -2.49. The van der Waals surface area contributed by atoms with Gasteiger partial charge in [0.05, 0.1) is 12.8 Å². The molecule has 0 saturated heterocycles. The lowest BCUT2D eigenvalue weighted by Gasteiger charge is -2.32. The number of para-hydroxylation sites is 2. The molecule has 2 N–H and O–H groups in total. The van der Waals surface area contributed by atoms with E-state index in [0.717, 1.165) is 12.1 Å². The molecular weight excluding hydrogens is 254 g/mol. The number of carboxylic acid groups (broad SMARTS) is 1. The van der Waals surface area contributed by atoms with Crippen molar-refractivity contribution in [2.45, 2.75) is 39.2 Å². The zero-order valence-electron chi connectivity index (χ0n) is 12.6. The average Bonchev–Trinajstić information content (AvgIpc) is 2.60. The van der Waals surface area contributed by atoms with Gasteiger partial charge < -0.3 is 15.2 Å². The normalized spacial score (nSPS) is 28.1. The highest BCUT2D eigenvalue weighted by Gasteiger charge is 2.54. The quantitative estimate of drug-likeness (QED) is 0.885. The van der Waals surface area contributed by atoms with Gasteiger partial charge in [0, 0.05) is 0 Å². The van der Waals surface area contributed by atoms with Gasteiger partial charge in [-0.05, 0) is 36.3 Å². The Morgan fingerprint density at radius 2 is 2.05 bits per heavy atom. The number of anilines is 1. The largest absolute Gasteiger partial charge is 0.495 e. The predicted octanol–water partition coefficient (Wildman–Crippen LogP) is 3.39. The number of hydrogen-bond acceptors (Lipinski definition) is 3. The fraction of sp³-hybridized carbons (Fsp3) is 0.562. The van der Waals surface area contributed by atoms with Crippen molar-refractivity contribution in [3.63, 3.8) is 0 Å². The molecule has 0 aliphatic heterocycles. The van der Waals surface area contributed by atoms with Gasteiger partial charge in [0.25, 0.3) is 0 Å². The van der Waals surface area contributed by atoms with Crippen LogP contribution in [-0.2, 0) is 4.79 Å². The van der Waals surface area contributed by atoms with Crippen molar-refractivity contribution in [1.29, 1.82) is 0 Å². The van der Waals surface area contributed by atoms with Crippen molar-refractivity contribution in [3.05, 3.63) is 24.3 Å². The van der Waals surface area contributed by atoms with Crippen LogP contribution < -0.4 is 10.1 Å². The smallest absolute Gasteiger partial charge is 0.329 e. The third-order valence-corrected chi connectivity index (χ3v) is 4.30. The van der Waals surface area contributed by atoms with Crippen molar-refractivity contribution >= 4 is 11.7 Å². The second-order valence-corrected chi connectivity index (χ2v) is 6.55. The predicted molar refractivity (Wildman–Crippen MR) is 79.2 cm³/mol. The number of methoxy groups -OCH3 is 1. The van der Waals surface area contributed by atoms with Gasteiger partial charge in [0.15, 0.2) is 0 Å². The van der Waals surface area contributed by atoms with Gasteiger partial charge in [-0.15, -0.1) is 0 Å². The van der Waals surface area contributed by atoms with Crippen LogP contribution in [0.3, 0.4) is 0 Å². The van der Waals surface area contributed by atoms with E-state index in [1.807, 2.05) is 31.2 Å². The number of carboxylic acids is 1. The lowest BCUT2D eigenvalue weighted by molar-refractivity contribution is -0.143. The van der Waals surface area contributed by atoms with Gasteiger partial charge in [0.1, 0.15) is 11.3 Å². The second-order valence-electron chi connectivity index (χ2n) is 6.55. The molecule has 4 heteroatoms. The van der Waals surface area contributed by atoms with E-state index in [1.54, 1.807) is 7.11 Å². The van der Waals surface area contributed by atoms with E-state index in [2.05, 4.69) is 19.2 Å². The number of carbonyl (C=O) groups is 1. The molecule has 0 bridgehead atoms. The van der Waals surface area contributed by atoms with Gasteiger partial charge >= 0.3 is 5.97 Å². The van der Waals surface area contributed by atoms with Gasteiger partial charge in [-0.2, -0.15) is 0 Å². The van der Waals surface area contributed by atoms with Crippen LogP contribution in [0.4, 0.5) is 5.69 Å². The summed E-state index contributed by atoms with van der Waals surface area (Å²) in [6.07, 6.45) is 1.50. The number of nitrogens with one attached hydrogen (secondary N) is 1. The summed E-state index contributed by atoms with van der Waals surface area (Å²) < 4.78 is 5.31. The van der Waals surface area contributed by atoms with Crippen molar-refractivity contribution < 1.29 is 14.6 Å². The SMILES string of the molecule is COc1ccccc1NC1(C(=O)O)CC(C)(C)CC1C. The Hall–Kier alpha value is -1.71. The molecule has 0 amide bonds. The molecule has 0 heterocycles. The van der Waals surface area contributed by atoms with E-state index in [4.69, 9.17) is 4.74 Å². The van der Waals surface area contributed by atoms with Crippen LogP contribution in [0.15, 0.2) is 24.3 Å². The summed E-state index contributed by atoms with van der Waals surface area (Å²) >= 11 is 0. The molecule has 1 aliphatic carbocycles. The summed E-state index contributed by atoms with van der Waals surface area (Å²) in [5, 5.41) is 13.0. The maximum absolute atomic E-state index is 11.9. The van der Waals surface area contributed by atoms with Gasteiger partial charge in [-0.3, -0.25) is 0 Å². The maximum Gasteiger partial charge on any atom is 0.329 e. The summed E-state index contributed by atoms with van der Waals surface area (Å²) in [6.45, 7) is 6.25. The van der Waals surface area contributed by atoms with Crippen LogP contribution in [-0.4, -0.2) is 23.7 Å². The molecule has 0 spiro atoms. The third-order valence-electron chi connectivity index (χ3n) is 4.30. The average molecular weight is 277 g/mol. The second kappa shape index (κ2) is 5.00. The minimum atomic E-state index is -0.932. The van der Waals surface area contributed by atoms with E-state index < -0.39 is 11.5 Å². The minimum absolute atomic E-state index is 0.0207. The molecule has 1 aromatic carbocycles. The van der Waals surface area contributed by atoms with Crippen LogP contribution in [0.1, 0.15) is 33.6 Å². The van der Waals surface area contributed by atoms with Gasteiger partial charge in [-0.1, -0.05) is 32.9 Å². The number of hydrogen-bond donors (Lipinski definition) is 2. The van der Waals surface area contributed by atoms with Crippen LogP contribution >= 0.6 is 0 Å². The Morgan fingerprint density at radius 1 is 1.40 bits per heavy atom. The molecule has 1 aromatic rings. The Bertz CT molecular complexity index is 512. The highest BCUT2D eigenvalue weighted by molar-refractivity contribution is 5.84. The number of rotatable bonds is 4. The molecule has 1 fully saturated rings. The first-order valence-corrected chi connectivity index (χ1v) is 6.95. The molecule has 2 unspecified atom stereocenters. The molecule has 20 heavy (non-hydrogen) atoms. The van der Waals surface area contributed by atoms with Crippen LogP contribution in [0.2, 0.25) is 0 Å². The van der Waals surface area contributed by atoms with E-state index in [1.165, 1.54) is 0 Å². The Morgan fingerprint density at radius 3 is 2.55 bits per heavy atom. The van der Waals surface area contributed by atoms with E-state index in [0.29, 0.717) is 12.2 Å². The molecule has 2 atom stereocenters. The Kier molecular flexibility index (Phi) is 3.67. The summed E-state index contributed by atoms with van der Waals surface area (Å²) in [4.78, 5) is 11.9. The molecule has 0 aromatic heterocycles. The molecule has 1 saturated carbocycles. The number of aliphatic carboxylic acids is 1. The minimum Gasteiger partial charge on any atom is -0.495 e. The number of ether oxygens (including phenoxy) is 1. The zero-order chi connectivity index (χ0) is 15.0. The Balaban J connectivity index is 2.38. The standard InChI is InChI=1S/C16H23NO3/c1-11-9-15(2,3)10-16(11,14(18)19)17-12-7-5-6-8-13(12)20-4/h5-8,11,17H,9-10H2,1-4H3,(H,18,19). The third kappa shape index (κ3) is 2.47. The van der Waals surface area contributed by atoms with Crippen molar-refractivity contribution in [3.8, 4) is 5.75 Å². The van der Waals surface area contributed by atoms with E-state index in [-0.39, 0.29) is 11.3 Å². The lowest BCUT2D eigenvalue weighted by atomic mass is 9.86. The van der Waals surface area contributed by atoms with Crippen molar-refractivity contribution in [1.82, 2.24) is 0 Å². The molecule has 1 aliphatic rings. The van der Waals surface area contributed by atoms with Gasteiger partial charge in [-0.25, -0.2) is 4.79 Å². The molecule has 0 radical (unpaired) electrons. The molecule has 2 rings (SSSR count). The van der Waals surface area contributed by atoms with Crippen LogP contribution in [0.25, 0.3) is 0 Å². The number of benzene rings is 1. The first-order chi connectivity index (χ1) is 9.31. The first kappa shape index (κ1) is 14.7. The van der Waals surface area contributed by atoms with Crippen LogP contribution in [0, 0.1) is 11.3 Å². The summed E-state index contributed by atoms with van der Waals surface area (Å²) in [6, 6.07) is 7.45. The molecular formula is C16H23NO3. The topological polar surface area (TPSA) is 58.6 Å². The van der Waals surface area contributed by atoms with Crippen LogP contribution in [0.5, 0.6) is 5.75 Å². The highest BCUT2D eigenvalue weighted by atomic mass is 16.5. The van der Waals surface area contributed by atoms with Gasteiger partial charge in [0.2, 0.25) is 0 Å². The molecule has 110 valence electrons. The Labute approximate surface area is 120 Å². The van der Waals surface area contributed by atoms with E-state index >= 15 is 0 Å². The van der Waals surface area contributed by atoms with Crippen molar-refractivity contribution in [2.24, 2.45) is 11.3 Å². The zero-order valence-corrected chi connectivity index (χ0v) is 12.6. The van der Waals surface area contributed by atoms with Crippen molar-refractivity contribution in [2.75, 3.05) is 12.4 Å². The molecule has 4 nitrogen and oxygen atoms in total. The summed E-state index contributed by atoms with van der Waals surface area (Å²) in [7, 11) is 1.59. The van der Waals surface area contributed by atoms with E-state index in [9.17, 15) is 9.90 Å².